The summed E-state index contributed by atoms with van der Waals surface area (Å²) in [5, 5.41) is 0. The van der Waals surface area contributed by atoms with E-state index in [1.165, 1.54) is 7.11 Å². The molecule has 0 aromatic heterocycles. The van der Waals surface area contributed by atoms with Gasteiger partial charge in [0.2, 0.25) is 5.91 Å². The molecule has 6 nitrogen and oxygen atoms in total. The minimum Gasteiger partial charge on any atom is -0.468 e. The van der Waals surface area contributed by atoms with Gasteiger partial charge in [0, 0.05) is 32.2 Å². The van der Waals surface area contributed by atoms with E-state index in [-0.39, 0.29) is 23.8 Å². The van der Waals surface area contributed by atoms with Crippen LogP contribution in [0.1, 0.15) is 30.5 Å². The number of carbonyl (C=O) groups excluding carboxylic acids is 2. The highest BCUT2D eigenvalue weighted by atomic mass is 16.5. The molecule has 2 fully saturated rings. The fourth-order valence-corrected chi connectivity index (χ4v) is 4.54. The molecule has 0 spiro atoms. The van der Waals surface area contributed by atoms with Gasteiger partial charge in [-0.3, -0.25) is 14.5 Å². The van der Waals surface area contributed by atoms with Gasteiger partial charge >= 0.3 is 5.97 Å². The maximum absolute atomic E-state index is 13.5. The van der Waals surface area contributed by atoms with Crippen molar-refractivity contribution in [1.29, 1.82) is 0 Å². The van der Waals surface area contributed by atoms with Crippen LogP contribution in [0.4, 0.5) is 0 Å². The lowest BCUT2D eigenvalue weighted by Crippen LogP contribution is -2.49. The highest BCUT2D eigenvalue weighted by Gasteiger charge is 2.55. The Bertz CT molecular complexity index is 714. The Hall–Kier alpha value is -1.92. The first-order valence-corrected chi connectivity index (χ1v) is 9.64. The molecule has 2 aliphatic heterocycles. The van der Waals surface area contributed by atoms with Gasteiger partial charge in [0.1, 0.15) is 5.54 Å². The molecule has 0 aliphatic carbocycles. The van der Waals surface area contributed by atoms with Crippen LogP contribution >= 0.6 is 0 Å². The Morgan fingerprint density at radius 3 is 2.33 bits per heavy atom. The molecule has 0 N–H and O–H groups in total. The van der Waals surface area contributed by atoms with Crippen LogP contribution in [0.15, 0.2) is 24.3 Å². The van der Waals surface area contributed by atoms with Gasteiger partial charge in [0.05, 0.1) is 13.0 Å². The molecule has 3 rings (SSSR count). The first kappa shape index (κ1) is 19.8. The quantitative estimate of drug-likeness (QED) is 0.755. The predicted molar refractivity (Wildman–Crippen MR) is 104 cm³/mol. The van der Waals surface area contributed by atoms with Crippen LogP contribution in [0.25, 0.3) is 0 Å². The van der Waals surface area contributed by atoms with Gasteiger partial charge in [-0.05, 0) is 45.5 Å². The number of esters is 1. The molecule has 0 saturated carbocycles. The van der Waals surface area contributed by atoms with Crippen molar-refractivity contribution in [3.63, 3.8) is 0 Å². The highest BCUT2D eigenvalue weighted by Crippen LogP contribution is 2.47. The van der Waals surface area contributed by atoms with Gasteiger partial charge in [0.15, 0.2) is 0 Å². The summed E-state index contributed by atoms with van der Waals surface area (Å²) in [6.07, 6.45) is 0.473. The number of rotatable bonds is 3. The number of carbonyl (C=O) groups is 2. The lowest BCUT2D eigenvalue weighted by molar-refractivity contribution is -0.152. The van der Waals surface area contributed by atoms with Gasteiger partial charge in [-0.2, -0.15) is 0 Å². The summed E-state index contributed by atoms with van der Waals surface area (Å²) in [5.74, 6) is -0.392. The first-order valence-electron chi connectivity index (χ1n) is 9.64. The van der Waals surface area contributed by atoms with Crippen LogP contribution in [0.3, 0.4) is 0 Å². The van der Waals surface area contributed by atoms with E-state index >= 15 is 0 Å². The number of hydrogen-bond donors (Lipinski definition) is 0. The molecule has 0 radical (unpaired) electrons. The van der Waals surface area contributed by atoms with Crippen molar-refractivity contribution in [3.05, 3.63) is 35.4 Å². The zero-order valence-electron chi connectivity index (χ0n) is 17.1. The molecular weight excluding hydrogens is 342 g/mol. The number of methoxy groups -OCH3 is 1. The molecule has 2 heterocycles. The number of aryl methyl sites for hydroxylation is 1. The van der Waals surface area contributed by atoms with E-state index < -0.39 is 5.54 Å². The van der Waals surface area contributed by atoms with Crippen molar-refractivity contribution >= 4 is 11.9 Å². The monoisotopic (exact) mass is 373 g/mol. The molecule has 27 heavy (non-hydrogen) atoms. The van der Waals surface area contributed by atoms with E-state index in [0.717, 1.165) is 37.3 Å². The van der Waals surface area contributed by atoms with Crippen molar-refractivity contribution < 1.29 is 14.3 Å². The molecule has 6 heteroatoms. The van der Waals surface area contributed by atoms with Crippen LogP contribution in [0, 0.1) is 12.8 Å². The second kappa shape index (κ2) is 7.60. The number of benzene rings is 1. The Morgan fingerprint density at radius 2 is 1.74 bits per heavy atom. The zero-order chi connectivity index (χ0) is 19.8. The second-order valence-electron chi connectivity index (χ2n) is 8.12. The molecule has 1 amide bonds. The summed E-state index contributed by atoms with van der Waals surface area (Å²) in [7, 11) is 5.43. The van der Waals surface area contributed by atoms with Crippen molar-refractivity contribution in [2.24, 2.45) is 5.92 Å². The lowest BCUT2D eigenvalue weighted by Gasteiger charge is -2.36. The number of amides is 1. The SMILES string of the molecule is COC(=O)[C@]1(C)C[C@H](C(=O)N2CCN(C)CC2)[C@H](c2ccccc2C)N1C. The van der Waals surface area contributed by atoms with E-state index in [1.807, 2.05) is 35.9 Å². The van der Waals surface area contributed by atoms with Crippen molar-refractivity contribution in [1.82, 2.24) is 14.7 Å². The summed E-state index contributed by atoms with van der Waals surface area (Å²) in [6.45, 7) is 7.21. The minimum absolute atomic E-state index is 0.137. The summed E-state index contributed by atoms with van der Waals surface area (Å²) in [5.41, 5.74) is 1.44. The van der Waals surface area contributed by atoms with Crippen molar-refractivity contribution in [2.75, 3.05) is 47.4 Å². The number of hydrogen-bond acceptors (Lipinski definition) is 5. The van der Waals surface area contributed by atoms with Crippen molar-refractivity contribution in [2.45, 2.75) is 31.8 Å². The molecular formula is C21H31N3O3. The topological polar surface area (TPSA) is 53.1 Å². The molecule has 1 aromatic carbocycles. The van der Waals surface area contributed by atoms with Gasteiger partial charge in [-0.15, -0.1) is 0 Å². The number of ether oxygens (including phenoxy) is 1. The molecule has 3 atom stereocenters. The fourth-order valence-electron chi connectivity index (χ4n) is 4.54. The summed E-state index contributed by atoms with van der Waals surface area (Å²) >= 11 is 0. The van der Waals surface area contributed by atoms with Crippen LogP contribution in [0.2, 0.25) is 0 Å². The molecule has 2 aliphatic rings. The van der Waals surface area contributed by atoms with E-state index in [1.54, 1.807) is 0 Å². The van der Waals surface area contributed by atoms with E-state index in [2.05, 4.69) is 31.0 Å². The molecule has 0 unspecified atom stereocenters. The average Bonchev–Trinajstić information content (AvgIpc) is 2.94. The summed E-state index contributed by atoms with van der Waals surface area (Å²) < 4.78 is 5.10. The third-order valence-electron chi connectivity index (χ3n) is 6.46. The Morgan fingerprint density at radius 1 is 1.11 bits per heavy atom. The molecule has 1 aromatic rings. The number of nitrogens with zero attached hydrogens (tertiary/aromatic N) is 3. The fraction of sp³-hybridized carbons (Fsp3) is 0.619. The maximum atomic E-state index is 13.5. The summed E-state index contributed by atoms with van der Waals surface area (Å²) in [4.78, 5) is 32.3. The Balaban J connectivity index is 1.97. The molecule has 2 saturated heterocycles. The van der Waals surface area contributed by atoms with E-state index in [0.29, 0.717) is 6.42 Å². The highest BCUT2D eigenvalue weighted by molar-refractivity contribution is 5.86. The van der Waals surface area contributed by atoms with Crippen molar-refractivity contribution in [3.8, 4) is 0 Å². The van der Waals surface area contributed by atoms with Gasteiger partial charge in [-0.25, -0.2) is 0 Å². The van der Waals surface area contributed by atoms with Gasteiger partial charge in [0.25, 0.3) is 0 Å². The second-order valence-corrected chi connectivity index (χ2v) is 8.12. The van der Waals surface area contributed by atoms with Crippen LogP contribution in [-0.2, 0) is 14.3 Å². The number of likely N-dealkylation sites (tertiary alicyclic amines) is 1. The standard InChI is InChI=1S/C21H31N3O3/c1-15-8-6-7-9-16(15)18-17(14-21(2,23(18)4)20(26)27-5)19(25)24-12-10-22(3)11-13-24/h6-9,17-18H,10-14H2,1-5H3/t17-,18-,21-/m0/s1. The maximum Gasteiger partial charge on any atom is 0.326 e. The third kappa shape index (κ3) is 3.48. The van der Waals surface area contributed by atoms with Crippen LogP contribution < -0.4 is 0 Å². The normalized spacial score (nSPS) is 29.7. The Labute approximate surface area is 162 Å². The zero-order valence-corrected chi connectivity index (χ0v) is 17.1. The van der Waals surface area contributed by atoms with Gasteiger partial charge in [-0.1, -0.05) is 24.3 Å². The van der Waals surface area contributed by atoms with E-state index in [9.17, 15) is 9.59 Å². The minimum atomic E-state index is -0.811. The average molecular weight is 373 g/mol. The smallest absolute Gasteiger partial charge is 0.326 e. The van der Waals surface area contributed by atoms with Crippen LogP contribution in [-0.4, -0.2) is 79.5 Å². The number of likely N-dealkylation sites (N-methyl/N-ethyl adjacent to an activating group) is 2. The summed E-state index contributed by atoms with van der Waals surface area (Å²) in [6, 6.07) is 8.01. The largest absolute Gasteiger partial charge is 0.468 e. The number of piperazine rings is 1. The molecule has 0 bridgehead atoms. The third-order valence-corrected chi connectivity index (χ3v) is 6.46. The van der Waals surface area contributed by atoms with E-state index in [4.69, 9.17) is 4.74 Å². The van der Waals surface area contributed by atoms with Gasteiger partial charge < -0.3 is 14.5 Å². The lowest BCUT2D eigenvalue weighted by atomic mass is 9.87. The Kier molecular flexibility index (Phi) is 5.58. The van der Waals surface area contributed by atoms with Crippen LogP contribution in [0.5, 0.6) is 0 Å². The first-order chi connectivity index (χ1) is 12.8. The molecule has 148 valence electrons. The predicted octanol–water partition coefficient (Wildman–Crippen LogP) is 1.69.